The highest BCUT2D eigenvalue weighted by Gasteiger charge is 2.30. The number of hydrogen-bond acceptors (Lipinski definition) is 15. The minimum Gasteiger partial charge on any atom is -0.462 e. The van der Waals surface area contributed by atoms with Crippen molar-refractivity contribution in [1.82, 2.24) is 0 Å². The van der Waals surface area contributed by atoms with Gasteiger partial charge in [-0.3, -0.25) is 37.3 Å². The first kappa shape index (κ1) is 97.5. The predicted molar refractivity (Wildman–Crippen MR) is 418 cm³/mol. The van der Waals surface area contributed by atoms with Crippen molar-refractivity contribution in [2.75, 3.05) is 39.6 Å². The third-order valence-electron chi connectivity index (χ3n) is 16.4. The zero-order chi connectivity index (χ0) is 74.6. The monoisotopic (exact) mass is 1470 g/mol. The zero-order valence-corrected chi connectivity index (χ0v) is 65.8. The van der Waals surface area contributed by atoms with E-state index in [1.54, 1.807) is 0 Å². The minimum atomic E-state index is -4.99. The summed E-state index contributed by atoms with van der Waals surface area (Å²) in [7, 11) is -9.97. The van der Waals surface area contributed by atoms with E-state index < -0.39 is 97.5 Å². The Morgan fingerprint density at radius 1 is 0.284 bits per heavy atom. The third kappa shape index (κ3) is 73.8. The smallest absolute Gasteiger partial charge is 0.462 e. The third-order valence-corrected chi connectivity index (χ3v) is 18.3. The van der Waals surface area contributed by atoms with Crippen LogP contribution in [0.4, 0.5) is 0 Å². The zero-order valence-electron chi connectivity index (χ0n) is 64.0. The molecule has 0 heterocycles. The average molecular weight is 1470 g/mol. The second-order valence-corrected chi connectivity index (χ2v) is 29.1. The number of aliphatic hydroxyl groups is 1. The maximum absolute atomic E-state index is 13.1. The van der Waals surface area contributed by atoms with Crippen LogP contribution < -0.4 is 0 Å². The Kier molecular flexibility index (Phi) is 71.4. The fraction of sp³-hybridized carbons (Fsp3) is 0.711. The summed E-state index contributed by atoms with van der Waals surface area (Å²) in [6.07, 6.45) is 81.8. The van der Waals surface area contributed by atoms with E-state index in [-0.39, 0.29) is 25.7 Å². The number of carbonyl (C=O) groups excluding carboxylic acids is 4. The van der Waals surface area contributed by atoms with Gasteiger partial charge in [0, 0.05) is 25.7 Å². The van der Waals surface area contributed by atoms with Crippen LogP contribution in [0.2, 0.25) is 0 Å². The number of carbonyl (C=O) groups is 4. The van der Waals surface area contributed by atoms with Crippen molar-refractivity contribution < 1.29 is 80.2 Å². The van der Waals surface area contributed by atoms with Crippen LogP contribution in [0.5, 0.6) is 0 Å². The van der Waals surface area contributed by atoms with Gasteiger partial charge >= 0.3 is 39.5 Å². The summed E-state index contributed by atoms with van der Waals surface area (Å²) in [5, 5.41) is 10.6. The van der Waals surface area contributed by atoms with Gasteiger partial charge in [0.15, 0.2) is 12.2 Å². The van der Waals surface area contributed by atoms with Crippen molar-refractivity contribution in [1.29, 1.82) is 0 Å². The number of allylic oxidation sites excluding steroid dienone is 20. The van der Waals surface area contributed by atoms with Crippen LogP contribution in [-0.2, 0) is 65.4 Å². The molecule has 0 spiro atoms. The summed E-state index contributed by atoms with van der Waals surface area (Å²) in [4.78, 5) is 73.0. The molecule has 0 aliphatic rings. The van der Waals surface area contributed by atoms with Gasteiger partial charge in [-0.15, -0.1) is 0 Å². The average Bonchev–Trinajstić information content (AvgIpc) is 0.921. The maximum atomic E-state index is 13.1. The van der Waals surface area contributed by atoms with Gasteiger partial charge in [0.25, 0.3) is 0 Å². The number of rotatable bonds is 74. The molecule has 0 saturated carbocycles. The van der Waals surface area contributed by atoms with Gasteiger partial charge in [0.1, 0.15) is 19.3 Å². The second-order valence-electron chi connectivity index (χ2n) is 26.2. The van der Waals surface area contributed by atoms with Gasteiger partial charge in [0.2, 0.25) is 0 Å². The largest absolute Gasteiger partial charge is 0.472 e. The molecule has 0 aromatic carbocycles. The fourth-order valence-electron chi connectivity index (χ4n) is 10.4. The molecule has 0 fully saturated rings. The Hall–Kier alpha value is -4.54. The van der Waals surface area contributed by atoms with Gasteiger partial charge in [0.05, 0.1) is 26.4 Å². The molecule has 19 heteroatoms. The lowest BCUT2D eigenvalue weighted by atomic mass is 10.1. The van der Waals surface area contributed by atoms with Gasteiger partial charge in [-0.25, -0.2) is 9.13 Å². The molecule has 17 nitrogen and oxygen atoms in total. The number of phosphoric ester groups is 2. The lowest BCUT2D eigenvalue weighted by Crippen LogP contribution is -2.30. The normalized spacial score (nSPS) is 14.5. The molecule has 0 aliphatic carbocycles. The molecular weight excluding hydrogens is 1330 g/mol. The molecule has 0 rings (SSSR count). The first-order valence-corrected chi connectivity index (χ1v) is 42.8. The molecule has 0 saturated heterocycles. The summed E-state index contributed by atoms with van der Waals surface area (Å²) in [5.74, 6) is -2.23. The Morgan fingerprint density at radius 3 is 0.824 bits per heavy atom. The van der Waals surface area contributed by atoms with Crippen molar-refractivity contribution in [3.63, 3.8) is 0 Å². The van der Waals surface area contributed by atoms with E-state index in [1.807, 2.05) is 0 Å². The van der Waals surface area contributed by atoms with Crippen LogP contribution in [0.3, 0.4) is 0 Å². The van der Waals surface area contributed by atoms with Crippen molar-refractivity contribution >= 4 is 39.5 Å². The summed E-state index contributed by atoms with van der Waals surface area (Å²) < 4.78 is 68.5. The highest BCUT2D eigenvalue weighted by Crippen LogP contribution is 2.45. The Morgan fingerprint density at radius 2 is 0.520 bits per heavy atom. The van der Waals surface area contributed by atoms with Crippen LogP contribution in [-0.4, -0.2) is 96.7 Å². The molecule has 0 bridgehead atoms. The first-order valence-electron chi connectivity index (χ1n) is 39.8. The SMILES string of the molecule is CC/C=C\C/C=C\C/C=C\C/C=C\CCCCCCCCC(=O)OCC(COP(=O)(O)OCC(O)COP(=O)(O)OCC(COC(=O)CCCCCCC/C=C\CCCCCCCC)OC(=O)CCCCCCC/C=C\CCCC)OC(=O)CCCCCC/C=C\C/C=C\C/C=C\C/C=C\CC. The molecule has 586 valence electrons. The lowest BCUT2D eigenvalue weighted by molar-refractivity contribution is -0.161. The molecule has 0 aromatic rings. The Bertz CT molecular complexity index is 2410. The topological polar surface area (TPSA) is 237 Å². The van der Waals surface area contributed by atoms with Crippen LogP contribution in [0.25, 0.3) is 0 Å². The molecule has 0 radical (unpaired) electrons. The quantitative estimate of drug-likeness (QED) is 0.0169. The Labute approximate surface area is 619 Å². The predicted octanol–water partition coefficient (Wildman–Crippen LogP) is 23.1. The van der Waals surface area contributed by atoms with E-state index in [2.05, 4.69) is 149 Å². The Balaban J connectivity index is 5.37. The number of ether oxygens (including phenoxy) is 4. The minimum absolute atomic E-state index is 0.0609. The highest BCUT2D eigenvalue weighted by atomic mass is 31.2. The molecule has 5 atom stereocenters. The summed E-state index contributed by atoms with van der Waals surface area (Å²) in [6.45, 7) is 4.56. The molecule has 102 heavy (non-hydrogen) atoms. The van der Waals surface area contributed by atoms with Crippen molar-refractivity contribution in [2.45, 2.75) is 341 Å². The lowest BCUT2D eigenvalue weighted by Gasteiger charge is -2.21. The van der Waals surface area contributed by atoms with E-state index >= 15 is 0 Å². The second kappa shape index (κ2) is 74.7. The van der Waals surface area contributed by atoms with Crippen LogP contribution in [0, 0.1) is 0 Å². The van der Waals surface area contributed by atoms with Crippen molar-refractivity contribution in [3.8, 4) is 0 Å². The molecule has 0 aromatic heterocycles. The van der Waals surface area contributed by atoms with E-state index in [0.29, 0.717) is 25.7 Å². The van der Waals surface area contributed by atoms with Crippen molar-refractivity contribution in [2.24, 2.45) is 0 Å². The molecule has 0 amide bonds. The number of aliphatic hydroxyl groups excluding tert-OH is 1. The summed E-state index contributed by atoms with van der Waals surface area (Å²) in [5.41, 5.74) is 0. The van der Waals surface area contributed by atoms with Gasteiger partial charge in [-0.05, 0) is 148 Å². The van der Waals surface area contributed by atoms with Crippen LogP contribution >= 0.6 is 15.6 Å². The molecular formula is C83H142O17P2. The standard InChI is InChI=1S/C83H142O17P2/c1-5-9-13-17-21-25-29-32-35-37-38-40-42-45-49-52-56-60-64-68-81(86)94-74-79(100-83(88)70-66-62-58-54-50-46-43-39-36-33-30-26-22-18-14-10-6-2)76-98-102(91,92)96-72-77(84)71-95-101(89,90)97-75-78(99-82(87)69-65-61-57-53-47-28-24-20-16-12-8-4)73-93-80(85)67-63-59-55-51-48-44-41-34-31-27-23-19-15-11-7-3/h9-10,13-14,20-22,24-26,32-36,38,40-41,43,46,77-79,84H,5-8,11-12,15-19,23,27-31,37,39,42,44-45,47-76H2,1-4H3,(H,89,90)(H,91,92)/b13-9-,14-10-,24-20-,25-21-,26-22-,35-32-,36-33-,40-38-,41-34-,46-43-. The van der Waals surface area contributed by atoms with E-state index in [4.69, 9.17) is 37.0 Å². The van der Waals surface area contributed by atoms with Gasteiger partial charge < -0.3 is 33.8 Å². The molecule has 3 N–H and O–H groups in total. The van der Waals surface area contributed by atoms with Crippen LogP contribution in [0.1, 0.15) is 323 Å². The summed E-state index contributed by atoms with van der Waals surface area (Å²) in [6, 6.07) is 0. The summed E-state index contributed by atoms with van der Waals surface area (Å²) >= 11 is 0. The molecule has 5 unspecified atom stereocenters. The van der Waals surface area contributed by atoms with Gasteiger partial charge in [-0.2, -0.15) is 0 Å². The molecule has 0 aliphatic heterocycles. The maximum Gasteiger partial charge on any atom is 0.472 e. The first-order chi connectivity index (χ1) is 49.7. The van der Waals surface area contributed by atoms with E-state index in [1.165, 1.54) is 51.4 Å². The number of phosphoric acid groups is 2. The van der Waals surface area contributed by atoms with E-state index in [0.717, 1.165) is 193 Å². The van der Waals surface area contributed by atoms with Crippen molar-refractivity contribution in [3.05, 3.63) is 122 Å². The number of hydrogen-bond donors (Lipinski definition) is 3. The number of esters is 4. The fourth-order valence-corrected chi connectivity index (χ4v) is 11.9. The van der Waals surface area contributed by atoms with Crippen LogP contribution in [0.15, 0.2) is 122 Å². The van der Waals surface area contributed by atoms with Gasteiger partial charge in [-0.1, -0.05) is 271 Å². The van der Waals surface area contributed by atoms with E-state index in [9.17, 15) is 43.2 Å². The number of unbranched alkanes of at least 4 members (excludes halogenated alkanes) is 28. The highest BCUT2D eigenvalue weighted by molar-refractivity contribution is 7.47.